The summed E-state index contributed by atoms with van der Waals surface area (Å²) < 4.78 is 55.1. The van der Waals surface area contributed by atoms with E-state index in [4.69, 9.17) is 0 Å². The van der Waals surface area contributed by atoms with Crippen LogP contribution in [0.2, 0.25) is 0 Å². The number of fused-ring (bicyclic) bond motifs is 1. The number of halogens is 4. The lowest BCUT2D eigenvalue weighted by molar-refractivity contribution is -0.137. The van der Waals surface area contributed by atoms with Gasteiger partial charge in [-0.1, -0.05) is 19.3 Å². The molecular formula is C23H23F4N3O. The van der Waals surface area contributed by atoms with Crippen LogP contribution >= 0.6 is 0 Å². The molecule has 4 nitrogen and oxygen atoms in total. The number of benzene rings is 2. The van der Waals surface area contributed by atoms with Crippen molar-refractivity contribution in [1.29, 1.82) is 0 Å². The van der Waals surface area contributed by atoms with Gasteiger partial charge in [-0.3, -0.25) is 4.79 Å². The predicted molar refractivity (Wildman–Crippen MR) is 113 cm³/mol. The molecule has 1 amide bonds. The van der Waals surface area contributed by atoms with Crippen LogP contribution in [0.1, 0.15) is 43.2 Å². The number of anilines is 3. The highest BCUT2D eigenvalue weighted by atomic mass is 19.4. The van der Waals surface area contributed by atoms with Crippen LogP contribution in [0.3, 0.4) is 0 Å². The van der Waals surface area contributed by atoms with Crippen LogP contribution in [0.25, 0.3) is 5.57 Å². The van der Waals surface area contributed by atoms with E-state index in [9.17, 15) is 22.4 Å². The Morgan fingerprint density at radius 2 is 1.68 bits per heavy atom. The lowest BCUT2D eigenvalue weighted by Gasteiger charge is -2.29. The zero-order chi connectivity index (χ0) is 22.0. The molecule has 1 fully saturated rings. The van der Waals surface area contributed by atoms with Crippen molar-refractivity contribution in [3.63, 3.8) is 0 Å². The summed E-state index contributed by atoms with van der Waals surface area (Å²) in [6.07, 6.45) is 1.71. The van der Waals surface area contributed by atoms with Gasteiger partial charge in [-0.25, -0.2) is 4.39 Å². The van der Waals surface area contributed by atoms with Crippen molar-refractivity contribution in [3.05, 3.63) is 59.5 Å². The van der Waals surface area contributed by atoms with E-state index in [2.05, 4.69) is 10.6 Å². The smallest absolute Gasteiger partial charge is 0.371 e. The van der Waals surface area contributed by atoms with E-state index in [-0.39, 0.29) is 16.9 Å². The number of carbonyl (C=O) groups excluding carboxylic acids is 1. The number of amides is 1. The van der Waals surface area contributed by atoms with Gasteiger partial charge in [-0.15, -0.1) is 0 Å². The molecule has 164 valence electrons. The number of hydrogen-bond acceptors (Lipinski definition) is 3. The third-order valence-electron chi connectivity index (χ3n) is 5.65. The van der Waals surface area contributed by atoms with Crippen LogP contribution in [0.15, 0.2) is 42.6 Å². The molecule has 0 aliphatic carbocycles. The summed E-state index contributed by atoms with van der Waals surface area (Å²) in [5.41, 5.74) is 0.662. The summed E-state index contributed by atoms with van der Waals surface area (Å²) in [5, 5.41) is 5.39. The number of hydrogen-bond donors (Lipinski definition) is 2. The van der Waals surface area contributed by atoms with Gasteiger partial charge in [0.1, 0.15) is 5.82 Å². The first-order chi connectivity index (χ1) is 14.8. The minimum atomic E-state index is -4.51. The van der Waals surface area contributed by atoms with Gasteiger partial charge in [0.15, 0.2) is 0 Å². The maximum absolute atomic E-state index is 13.8. The van der Waals surface area contributed by atoms with Crippen molar-refractivity contribution in [2.75, 3.05) is 28.6 Å². The average molecular weight is 433 g/mol. The minimum Gasteiger partial charge on any atom is -0.371 e. The molecule has 31 heavy (non-hydrogen) atoms. The zero-order valence-corrected chi connectivity index (χ0v) is 16.9. The van der Waals surface area contributed by atoms with E-state index in [0.29, 0.717) is 24.3 Å². The number of alkyl halides is 3. The second kappa shape index (κ2) is 8.61. The van der Waals surface area contributed by atoms with Gasteiger partial charge >= 0.3 is 6.18 Å². The van der Waals surface area contributed by atoms with Gasteiger partial charge in [0.25, 0.3) is 5.91 Å². The first kappa shape index (κ1) is 21.2. The van der Waals surface area contributed by atoms with Gasteiger partial charge in [-0.2, -0.15) is 13.2 Å². The van der Waals surface area contributed by atoms with Gasteiger partial charge in [0.05, 0.1) is 11.1 Å². The van der Waals surface area contributed by atoms with Crippen molar-refractivity contribution < 1.29 is 22.4 Å². The molecule has 4 rings (SSSR count). The molecule has 2 aliphatic heterocycles. The molecule has 2 aliphatic rings. The molecule has 2 aromatic carbocycles. The molecule has 0 aromatic heterocycles. The largest absolute Gasteiger partial charge is 0.418 e. The van der Waals surface area contributed by atoms with Crippen molar-refractivity contribution in [2.45, 2.75) is 38.3 Å². The first-order valence-electron chi connectivity index (χ1n) is 10.4. The van der Waals surface area contributed by atoms with Crippen molar-refractivity contribution in [1.82, 2.24) is 0 Å². The fourth-order valence-corrected chi connectivity index (χ4v) is 4.08. The Hall–Kier alpha value is -3.03. The molecule has 1 saturated heterocycles. The van der Waals surface area contributed by atoms with Crippen LogP contribution in [0, 0.1) is 5.82 Å². The zero-order valence-electron chi connectivity index (χ0n) is 16.9. The van der Waals surface area contributed by atoms with E-state index in [1.807, 2.05) is 4.90 Å². The number of nitrogens with zero attached hydrogens (tertiary/aromatic N) is 1. The second-order valence-electron chi connectivity index (χ2n) is 7.83. The predicted octanol–water partition coefficient (Wildman–Crippen LogP) is 6.02. The summed E-state index contributed by atoms with van der Waals surface area (Å²) in [6, 6.07) is 8.00. The molecule has 0 unspecified atom stereocenters. The Morgan fingerprint density at radius 1 is 0.968 bits per heavy atom. The van der Waals surface area contributed by atoms with Gasteiger partial charge in [-0.05, 0) is 49.2 Å². The van der Waals surface area contributed by atoms with Crippen LogP contribution in [0.5, 0.6) is 0 Å². The third kappa shape index (κ3) is 4.68. The van der Waals surface area contributed by atoms with Crippen LogP contribution < -0.4 is 15.5 Å². The monoisotopic (exact) mass is 433 g/mol. The normalized spacial score (nSPS) is 18.4. The topological polar surface area (TPSA) is 44.4 Å². The lowest BCUT2D eigenvalue weighted by atomic mass is 10.1. The highest BCUT2D eigenvalue weighted by molar-refractivity contribution is 6.31. The first-order valence-corrected chi connectivity index (χ1v) is 10.4. The molecule has 0 bridgehead atoms. The van der Waals surface area contributed by atoms with E-state index in [1.54, 1.807) is 6.07 Å². The van der Waals surface area contributed by atoms with E-state index < -0.39 is 23.5 Å². The Bertz CT molecular complexity index is 1010. The highest BCUT2D eigenvalue weighted by Gasteiger charge is 2.35. The fourth-order valence-electron chi connectivity index (χ4n) is 4.08. The number of rotatable bonds is 3. The number of nitrogens with one attached hydrogen (secondary N) is 2. The SMILES string of the molecule is O=C1Nc2ccc(F)cc2C1=CNc1ccc(N2CCCCCCC2)c(C(F)(F)F)c1. The summed E-state index contributed by atoms with van der Waals surface area (Å²) in [7, 11) is 0. The second-order valence-corrected chi connectivity index (χ2v) is 7.83. The third-order valence-corrected chi connectivity index (χ3v) is 5.65. The molecule has 2 heterocycles. The molecule has 8 heteroatoms. The summed E-state index contributed by atoms with van der Waals surface area (Å²) in [5.74, 6) is -0.945. The molecule has 2 aromatic rings. The molecule has 0 saturated carbocycles. The van der Waals surface area contributed by atoms with Gasteiger partial charge in [0.2, 0.25) is 0 Å². The Morgan fingerprint density at radius 3 is 2.39 bits per heavy atom. The molecule has 0 radical (unpaired) electrons. The quantitative estimate of drug-likeness (QED) is 0.460. The standard InChI is InChI=1S/C23H23F4N3O/c24-15-6-8-20-17(12-15)18(22(31)29-20)14-28-16-7-9-21(19(13-16)23(25,26)27)30-10-4-2-1-3-5-11-30/h6-9,12-14,28H,1-5,10-11H2,(H,29,31). The molecule has 2 N–H and O–H groups in total. The highest BCUT2D eigenvalue weighted by Crippen LogP contribution is 2.39. The Labute approximate surface area is 177 Å². The minimum absolute atomic E-state index is 0.163. The van der Waals surface area contributed by atoms with Crippen LogP contribution in [-0.2, 0) is 11.0 Å². The summed E-state index contributed by atoms with van der Waals surface area (Å²) in [6.45, 7) is 1.20. The van der Waals surface area contributed by atoms with Crippen LogP contribution in [-0.4, -0.2) is 19.0 Å². The summed E-state index contributed by atoms with van der Waals surface area (Å²) >= 11 is 0. The van der Waals surface area contributed by atoms with Crippen molar-refractivity contribution in [3.8, 4) is 0 Å². The van der Waals surface area contributed by atoms with Crippen molar-refractivity contribution >= 4 is 28.5 Å². The molecular weight excluding hydrogens is 410 g/mol. The van der Waals surface area contributed by atoms with Gasteiger partial charge < -0.3 is 15.5 Å². The molecule has 0 spiro atoms. The van der Waals surface area contributed by atoms with E-state index >= 15 is 0 Å². The maximum atomic E-state index is 13.8. The summed E-state index contributed by atoms with van der Waals surface area (Å²) in [4.78, 5) is 14.0. The maximum Gasteiger partial charge on any atom is 0.418 e. The van der Waals surface area contributed by atoms with E-state index in [0.717, 1.165) is 38.2 Å². The average Bonchev–Trinajstić information content (AvgIpc) is 3.00. The Kier molecular flexibility index (Phi) is 5.89. The fraction of sp³-hybridized carbons (Fsp3) is 0.348. The number of carbonyl (C=O) groups is 1. The van der Waals surface area contributed by atoms with Gasteiger partial charge in [0, 0.05) is 41.9 Å². The molecule has 0 atom stereocenters. The van der Waals surface area contributed by atoms with Crippen molar-refractivity contribution in [2.24, 2.45) is 0 Å². The van der Waals surface area contributed by atoms with Crippen LogP contribution in [0.4, 0.5) is 34.6 Å². The lowest BCUT2D eigenvalue weighted by Crippen LogP contribution is -2.29. The van der Waals surface area contributed by atoms with E-state index in [1.165, 1.54) is 30.5 Å². The Balaban J connectivity index is 1.62.